The van der Waals surface area contributed by atoms with E-state index in [-0.39, 0.29) is 11.8 Å². The Labute approximate surface area is 197 Å². The molecule has 0 aliphatic carbocycles. The zero-order chi connectivity index (χ0) is 23.2. The Balaban J connectivity index is 1.46. The molecule has 2 amide bonds. The van der Waals surface area contributed by atoms with E-state index in [0.717, 1.165) is 28.0 Å². The molecule has 0 saturated carbocycles. The van der Waals surface area contributed by atoms with Crippen molar-refractivity contribution in [2.75, 3.05) is 17.3 Å². The monoisotopic (exact) mass is 458 g/mol. The van der Waals surface area contributed by atoms with Crippen molar-refractivity contribution >= 4 is 40.3 Å². The SMILES string of the molecule is CSCCC(NC(=O)c1cccc(C)c1)C(=O)Nc1ccc(-n2cnc3ccccc32)cc1. The maximum atomic E-state index is 13.0. The van der Waals surface area contributed by atoms with E-state index in [9.17, 15) is 9.59 Å². The molecule has 168 valence electrons. The number of thioether (sulfide) groups is 1. The Bertz CT molecular complexity index is 1270. The Morgan fingerprint density at radius 2 is 1.82 bits per heavy atom. The predicted octanol–water partition coefficient (Wildman–Crippen LogP) is 4.82. The molecular formula is C26H26N4O2S. The number of nitrogens with one attached hydrogen (secondary N) is 2. The lowest BCUT2D eigenvalue weighted by atomic mass is 10.1. The molecule has 7 heteroatoms. The second-order valence-electron chi connectivity index (χ2n) is 7.82. The highest BCUT2D eigenvalue weighted by Crippen LogP contribution is 2.20. The minimum atomic E-state index is -0.622. The summed E-state index contributed by atoms with van der Waals surface area (Å²) in [4.78, 5) is 30.1. The maximum Gasteiger partial charge on any atom is 0.251 e. The van der Waals surface area contributed by atoms with E-state index in [0.29, 0.717) is 17.7 Å². The third-order valence-corrected chi connectivity index (χ3v) is 6.02. The van der Waals surface area contributed by atoms with Gasteiger partial charge in [0, 0.05) is 16.9 Å². The van der Waals surface area contributed by atoms with Gasteiger partial charge in [0.15, 0.2) is 0 Å². The molecule has 0 aliphatic rings. The second kappa shape index (κ2) is 10.4. The van der Waals surface area contributed by atoms with E-state index in [1.807, 2.05) is 84.5 Å². The van der Waals surface area contributed by atoms with Gasteiger partial charge in [-0.15, -0.1) is 0 Å². The number of anilines is 1. The average Bonchev–Trinajstić information content (AvgIpc) is 3.26. The molecule has 0 saturated heterocycles. The number of fused-ring (bicyclic) bond motifs is 1. The minimum absolute atomic E-state index is 0.231. The van der Waals surface area contributed by atoms with Crippen molar-refractivity contribution < 1.29 is 9.59 Å². The van der Waals surface area contributed by atoms with Gasteiger partial charge in [0.05, 0.1) is 11.0 Å². The van der Waals surface area contributed by atoms with Gasteiger partial charge in [-0.2, -0.15) is 11.8 Å². The van der Waals surface area contributed by atoms with Crippen LogP contribution in [-0.2, 0) is 4.79 Å². The molecule has 0 bridgehead atoms. The van der Waals surface area contributed by atoms with Crippen LogP contribution < -0.4 is 10.6 Å². The van der Waals surface area contributed by atoms with E-state index in [1.165, 1.54) is 0 Å². The number of aryl methyl sites for hydroxylation is 1. The van der Waals surface area contributed by atoms with Crippen LogP contribution in [0.3, 0.4) is 0 Å². The van der Waals surface area contributed by atoms with Gasteiger partial charge < -0.3 is 10.6 Å². The van der Waals surface area contributed by atoms with Crippen LogP contribution in [-0.4, -0.2) is 39.4 Å². The second-order valence-corrected chi connectivity index (χ2v) is 8.80. The zero-order valence-corrected chi connectivity index (χ0v) is 19.4. The first kappa shape index (κ1) is 22.6. The van der Waals surface area contributed by atoms with E-state index >= 15 is 0 Å². The third-order valence-electron chi connectivity index (χ3n) is 5.38. The number of hydrogen-bond donors (Lipinski definition) is 2. The lowest BCUT2D eigenvalue weighted by Gasteiger charge is -2.18. The standard InChI is InChI=1S/C26H26N4O2S/c1-18-6-5-7-19(16-18)25(31)29-23(14-15-33-2)26(32)28-20-10-12-21(13-11-20)30-17-27-22-8-3-4-9-24(22)30/h3-13,16-17,23H,14-15H2,1-2H3,(H,28,32)(H,29,31). The molecule has 0 aliphatic heterocycles. The Kier molecular flexibility index (Phi) is 7.10. The van der Waals surface area contributed by atoms with Gasteiger partial charge in [-0.05, 0) is 73.9 Å². The summed E-state index contributed by atoms with van der Waals surface area (Å²) in [6.07, 6.45) is 4.32. The van der Waals surface area contributed by atoms with Gasteiger partial charge in [0.2, 0.25) is 5.91 Å². The van der Waals surface area contributed by atoms with E-state index < -0.39 is 6.04 Å². The van der Waals surface area contributed by atoms with Gasteiger partial charge in [-0.3, -0.25) is 14.2 Å². The highest BCUT2D eigenvalue weighted by molar-refractivity contribution is 7.98. The number of rotatable bonds is 8. The lowest BCUT2D eigenvalue weighted by molar-refractivity contribution is -0.118. The van der Waals surface area contributed by atoms with Crippen LogP contribution in [0.15, 0.2) is 79.1 Å². The Morgan fingerprint density at radius 1 is 1.03 bits per heavy atom. The normalized spacial score (nSPS) is 11.8. The molecule has 1 atom stereocenters. The van der Waals surface area contributed by atoms with Gasteiger partial charge >= 0.3 is 0 Å². The van der Waals surface area contributed by atoms with Crippen molar-refractivity contribution in [3.05, 3.63) is 90.3 Å². The van der Waals surface area contributed by atoms with Crippen LogP contribution in [0.5, 0.6) is 0 Å². The summed E-state index contributed by atoms with van der Waals surface area (Å²) in [5.74, 6) is 0.284. The van der Waals surface area contributed by atoms with Crippen LogP contribution in [0.2, 0.25) is 0 Å². The van der Waals surface area contributed by atoms with Crippen molar-refractivity contribution in [2.45, 2.75) is 19.4 Å². The average molecular weight is 459 g/mol. The van der Waals surface area contributed by atoms with Crippen molar-refractivity contribution in [1.29, 1.82) is 0 Å². The molecule has 1 aromatic heterocycles. The minimum Gasteiger partial charge on any atom is -0.340 e. The first-order valence-corrected chi connectivity index (χ1v) is 12.1. The number of para-hydroxylation sites is 2. The van der Waals surface area contributed by atoms with Gasteiger partial charge in [0.25, 0.3) is 5.91 Å². The molecule has 6 nitrogen and oxygen atoms in total. The molecule has 1 heterocycles. The van der Waals surface area contributed by atoms with Crippen LogP contribution in [0, 0.1) is 6.92 Å². The van der Waals surface area contributed by atoms with Crippen molar-refractivity contribution in [3.8, 4) is 5.69 Å². The van der Waals surface area contributed by atoms with Crippen LogP contribution in [0.4, 0.5) is 5.69 Å². The molecular weight excluding hydrogens is 432 g/mol. The van der Waals surface area contributed by atoms with Gasteiger partial charge in [-0.25, -0.2) is 4.98 Å². The number of aromatic nitrogens is 2. The summed E-state index contributed by atoms with van der Waals surface area (Å²) in [5, 5.41) is 5.83. The van der Waals surface area contributed by atoms with E-state index in [2.05, 4.69) is 15.6 Å². The lowest BCUT2D eigenvalue weighted by Crippen LogP contribution is -2.44. The molecule has 33 heavy (non-hydrogen) atoms. The molecule has 0 fully saturated rings. The summed E-state index contributed by atoms with van der Waals surface area (Å²) >= 11 is 1.64. The number of carbonyl (C=O) groups excluding carboxylic acids is 2. The molecule has 4 rings (SSSR count). The van der Waals surface area contributed by atoms with Crippen molar-refractivity contribution in [2.24, 2.45) is 0 Å². The summed E-state index contributed by atoms with van der Waals surface area (Å²) in [5.41, 5.74) is 5.12. The first-order chi connectivity index (χ1) is 16.0. The van der Waals surface area contributed by atoms with Crippen molar-refractivity contribution in [3.63, 3.8) is 0 Å². The summed E-state index contributed by atoms with van der Waals surface area (Å²) < 4.78 is 2.00. The number of hydrogen-bond acceptors (Lipinski definition) is 4. The van der Waals surface area contributed by atoms with Crippen LogP contribution in [0.25, 0.3) is 16.7 Å². The molecule has 4 aromatic rings. The van der Waals surface area contributed by atoms with Crippen LogP contribution >= 0.6 is 11.8 Å². The Morgan fingerprint density at radius 3 is 2.58 bits per heavy atom. The molecule has 0 radical (unpaired) electrons. The van der Waals surface area contributed by atoms with E-state index in [4.69, 9.17) is 0 Å². The third kappa shape index (κ3) is 5.43. The maximum absolute atomic E-state index is 13.0. The summed E-state index contributed by atoms with van der Waals surface area (Å²) in [7, 11) is 0. The van der Waals surface area contributed by atoms with Gasteiger partial charge in [-0.1, -0.05) is 29.8 Å². The molecule has 2 N–H and O–H groups in total. The predicted molar refractivity (Wildman–Crippen MR) is 135 cm³/mol. The fourth-order valence-electron chi connectivity index (χ4n) is 3.63. The topological polar surface area (TPSA) is 76.0 Å². The zero-order valence-electron chi connectivity index (χ0n) is 18.6. The molecule has 1 unspecified atom stereocenters. The quantitative estimate of drug-likeness (QED) is 0.397. The number of amides is 2. The first-order valence-electron chi connectivity index (χ1n) is 10.7. The fourth-order valence-corrected chi connectivity index (χ4v) is 4.10. The van der Waals surface area contributed by atoms with Gasteiger partial charge in [0.1, 0.15) is 12.4 Å². The number of nitrogens with zero attached hydrogens (tertiary/aromatic N) is 2. The molecule has 0 spiro atoms. The van der Waals surface area contributed by atoms with E-state index in [1.54, 1.807) is 24.2 Å². The Hall–Kier alpha value is -3.58. The number of imidazole rings is 1. The smallest absolute Gasteiger partial charge is 0.251 e. The summed E-state index contributed by atoms with van der Waals surface area (Å²) in [6, 6.07) is 22.2. The fraction of sp³-hybridized carbons (Fsp3) is 0.192. The van der Waals surface area contributed by atoms with Crippen LogP contribution in [0.1, 0.15) is 22.3 Å². The van der Waals surface area contributed by atoms with Crippen molar-refractivity contribution in [1.82, 2.24) is 14.9 Å². The highest BCUT2D eigenvalue weighted by atomic mass is 32.2. The molecule has 3 aromatic carbocycles. The number of carbonyl (C=O) groups is 2. The summed E-state index contributed by atoms with van der Waals surface area (Å²) in [6.45, 7) is 1.94. The largest absolute Gasteiger partial charge is 0.340 e. The number of benzene rings is 3. The highest BCUT2D eigenvalue weighted by Gasteiger charge is 2.21.